The molecule has 33 heavy (non-hydrogen) atoms. The minimum absolute atomic E-state index is 0.0879. The molecule has 0 atom stereocenters. The van der Waals surface area contributed by atoms with Crippen LogP contribution in [0.15, 0.2) is 29.2 Å². The van der Waals surface area contributed by atoms with E-state index in [0.29, 0.717) is 30.8 Å². The number of carbonyl (C=O) groups excluding carboxylic acids is 1. The molecule has 2 saturated heterocycles. The Morgan fingerprint density at radius 3 is 2.18 bits per heavy atom. The van der Waals surface area contributed by atoms with Gasteiger partial charge in [-0.3, -0.25) is 9.69 Å². The van der Waals surface area contributed by atoms with Gasteiger partial charge in [0.1, 0.15) is 0 Å². The number of nitrogens with one attached hydrogen (secondary N) is 1. The number of benzene rings is 1. The van der Waals surface area contributed by atoms with E-state index in [1.807, 2.05) is 19.1 Å². The van der Waals surface area contributed by atoms with Crippen LogP contribution in [0.25, 0.3) is 0 Å². The van der Waals surface area contributed by atoms with Gasteiger partial charge in [0.05, 0.1) is 4.90 Å². The molecule has 2 aliphatic heterocycles. The van der Waals surface area contributed by atoms with Crippen molar-refractivity contribution >= 4 is 15.9 Å². The molecule has 184 valence electrons. The van der Waals surface area contributed by atoms with Gasteiger partial charge in [0.15, 0.2) is 0 Å². The summed E-state index contributed by atoms with van der Waals surface area (Å²) in [5.74, 6) is -0.0101. The van der Waals surface area contributed by atoms with E-state index < -0.39 is 10.0 Å². The molecular formula is C25H40N4O3S. The molecule has 0 bridgehead atoms. The van der Waals surface area contributed by atoms with Crippen LogP contribution in [0.4, 0.5) is 0 Å². The number of amides is 1. The molecule has 1 saturated carbocycles. The standard InChI is InChI=1S/C25H40N4O3S/c1-21-6-8-23(9-7-21)33(31,32)29-14-10-22(11-15-29)24(30)26-20-25(12-4-3-5-13-25)28-18-16-27(2)17-19-28/h6-9,22H,3-5,10-20H2,1-2H3,(H,26,30). The summed E-state index contributed by atoms with van der Waals surface area (Å²) in [5, 5.41) is 3.30. The highest BCUT2D eigenvalue weighted by molar-refractivity contribution is 7.89. The third-order valence-electron chi connectivity index (χ3n) is 8.03. The van der Waals surface area contributed by atoms with Gasteiger partial charge < -0.3 is 10.2 Å². The Morgan fingerprint density at radius 2 is 1.58 bits per heavy atom. The van der Waals surface area contributed by atoms with Crippen LogP contribution < -0.4 is 5.32 Å². The molecular weight excluding hydrogens is 436 g/mol. The highest BCUT2D eigenvalue weighted by atomic mass is 32.2. The van der Waals surface area contributed by atoms with Crippen molar-refractivity contribution < 1.29 is 13.2 Å². The summed E-state index contributed by atoms with van der Waals surface area (Å²) in [4.78, 5) is 18.4. The number of likely N-dealkylation sites (N-methyl/N-ethyl adjacent to an activating group) is 1. The van der Waals surface area contributed by atoms with E-state index in [0.717, 1.165) is 51.1 Å². The van der Waals surface area contributed by atoms with Gasteiger partial charge in [0.25, 0.3) is 0 Å². The maximum atomic E-state index is 13.1. The third kappa shape index (κ3) is 5.61. The number of hydrogen-bond donors (Lipinski definition) is 1. The molecule has 1 aromatic carbocycles. The zero-order valence-electron chi connectivity index (χ0n) is 20.3. The summed E-state index contributed by atoms with van der Waals surface area (Å²) in [6.45, 7) is 7.78. The van der Waals surface area contributed by atoms with Crippen molar-refractivity contribution in [2.24, 2.45) is 5.92 Å². The van der Waals surface area contributed by atoms with Gasteiger partial charge in [-0.25, -0.2) is 8.42 Å². The van der Waals surface area contributed by atoms with E-state index in [2.05, 4.69) is 22.2 Å². The highest BCUT2D eigenvalue weighted by Crippen LogP contribution is 2.34. The highest BCUT2D eigenvalue weighted by Gasteiger charge is 2.40. The average Bonchev–Trinajstić information content (AvgIpc) is 2.84. The van der Waals surface area contributed by atoms with Crippen molar-refractivity contribution in [2.75, 3.05) is 52.9 Å². The van der Waals surface area contributed by atoms with E-state index in [1.165, 1.54) is 23.6 Å². The van der Waals surface area contributed by atoms with E-state index >= 15 is 0 Å². The number of nitrogens with zero attached hydrogens (tertiary/aromatic N) is 3. The molecule has 4 rings (SSSR count). The second kappa shape index (κ2) is 10.4. The maximum Gasteiger partial charge on any atom is 0.243 e. The Balaban J connectivity index is 1.32. The minimum atomic E-state index is -3.50. The topological polar surface area (TPSA) is 73.0 Å². The van der Waals surface area contributed by atoms with Gasteiger partial charge in [-0.15, -0.1) is 0 Å². The number of piperidine rings is 1. The number of aryl methyl sites for hydroxylation is 1. The van der Waals surface area contributed by atoms with Crippen LogP contribution in [-0.2, 0) is 14.8 Å². The normalized spacial score (nSPS) is 23.9. The fourth-order valence-corrected chi connectivity index (χ4v) is 7.18. The van der Waals surface area contributed by atoms with E-state index in [4.69, 9.17) is 0 Å². The summed E-state index contributed by atoms with van der Waals surface area (Å²) in [7, 11) is -1.32. The van der Waals surface area contributed by atoms with Crippen molar-refractivity contribution in [3.63, 3.8) is 0 Å². The molecule has 1 aromatic rings. The van der Waals surface area contributed by atoms with Crippen LogP contribution >= 0.6 is 0 Å². The number of piperazine rings is 1. The lowest BCUT2D eigenvalue weighted by Crippen LogP contribution is -2.61. The second-order valence-corrected chi connectivity index (χ2v) is 12.2. The minimum Gasteiger partial charge on any atom is -0.354 e. The van der Waals surface area contributed by atoms with Crippen LogP contribution in [0, 0.1) is 12.8 Å². The van der Waals surface area contributed by atoms with Crippen LogP contribution in [-0.4, -0.2) is 86.8 Å². The summed E-state index contributed by atoms with van der Waals surface area (Å²) in [6.07, 6.45) is 7.23. The molecule has 0 aromatic heterocycles. The summed E-state index contributed by atoms with van der Waals surface area (Å²) in [6, 6.07) is 7.00. The zero-order valence-corrected chi connectivity index (χ0v) is 21.1. The molecule has 0 radical (unpaired) electrons. The largest absolute Gasteiger partial charge is 0.354 e. The first-order chi connectivity index (χ1) is 15.8. The van der Waals surface area contributed by atoms with Crippen molar-refractivity contribution in [1.29, 1.82) is 0 Å². The Bertz CT molecular complexity index is 896. The lowest BCUT2D eigenvalue weighted by atomic mass is 9.79. The van der Waals surface area contributed by atoms with Crippen molar-refractivity contribution in [1.82, 2.24) is 19.4 Å². The third-order valence-corrected chi connectivity index (χ3v) is 9.95. The summed E-state index contributed by atoms with van der Waals surface area (Å²) < 4.78 is 27.5. The zero-order chi connectivity index (χ0) is 23.5. The first-order valence-corrected chi connectivity index (χ1v) is 14.0. The van der Waals surface area contributed by atoms with E-state index in [-0.39, 0.29) is 17.4 Å². The van der Waals surface area contributed by atoms with Crippen molar-refractivity contribution in [3.8, 4) is 0 Å². The van der Waals surface area contributed by atoms with Gasteiger partial charge in [0, 0.05) is 57.3 Å². The Labute approximate surface area is 199 Å². The van der Waals surface area contributed by atoms with Gasteiger partial charge in [-0.1, -0.05) is 37.0 Å². The average molecular weight is 477 g/mol. The molecule has 1 N–H and O–H groups in total. The van der Waals surface area contributed by atoms with Gasteiger partial charge in [0.2, 0.25) is 15.9 Å². The summed E-state index contributed by atoms with van der Waals surface area (Å²) >= 11 is 0. The van der Waals surface area contributed by atoms with Crippen LogP contribution in [0.2, 0.25) is 0 Å². The number of hydrogen-bond acceptors (Lipinski definition) is 5. The molecule has 3 aliphatic rings. The lowest BCUT2D eigenvalue weighted by Gasteiger charge is -2.49. The molecule has 0 spiro atoms. The predicted molar refractivity (Wildman–Crippen MR) is 131 cm³/mol. The Morgan fingerprint density at radius 1 is 0.970 bits per heavy atom. The number of sulfonamides is 1. The Hall–Kier alpha value is -1.48. The van der Waals surface area contributed by atoms with Crippen molar-refractivity contribution in [3.05, 3.63) is 29.8 Å². The molecule has 2 heterocycles. The van der Waals surface area contributed by atoms with Crippen LogP contribution in [0.3, 0.4) is 0 Å². The SMILES string of the molecule is Cc1ccc(S(=O)(=O)N2CCC(C(=O)NCC3(N4CCN(C)CC4)CCCCC3)CC2)cc1. The molecule has 1 amide bonds. The maximum absolute atomic E-state index is 13.1. The molecule has 7 nitrogen and oxygen atoms in total. The number of rotatable bonds is 6. The van der Waals surface area contributed by atoms with Crippen LogP contribution in [0.5, 0.6) is 0 Å². The molecule has 8 heteroatoms. The fraction of sp³-hybridized carbons (Fsp3) is 0.720. The first-order valence-electron chi connectivity index (χ1n) is 12.6. The van der Waals surface area contributed by atoms with E-state index in [9.17, 15) is 13.2 Å². The second-order valence-electron chi connectivity index (χ2n) is 10.3. The molecule has 3 fully saturated rings. The van der Waals surface area contributed by atoms with Gasteiger partial charge >= 0.3 is 0 Å². The van der Waals surface area contributed by atoms with E-state index in [1.54, 1.807) is 12.1 Å². The quantitative estimate of drug-likeness (QED) is 0.683. The first kappa shape index (κ1) is 24.6. The van der Waals surface area contributed by atoms with Crippen LogP contribution in [0.1, 0.15) is 50.5 Å². The lowest BCUT2D eigenvalue weighted by molar-refractivity contribution is -0.127. The fourth-order valence-electron chi connectivity index (χ4n) is 5.71. The molecule has 1 aliphatic carbocycles. The monoisotopic (exact) mass is 476 g/mol. The number of carbonyl (C=O) groups is 1. The smallest absolute Gasteiger partial charge is 0.243 e. The molecule has 0 unspecified atom stereocenters. The van der Waals surface area contributed by atoms with Gasteiger partial charge in [-0.05, 0) is 51.8 Å². The summed E-state index contributed by atoms with van der Waals surface area (Å²) in [5.41, 5.74) is 1.13. The van der Waals surface area contributed by atoms with Gasteiger partial charge in [-0.2, -0.15) is 4.31 Å². The Kier molecular flexibility index (Phi) is 7.78. The van der Waals surface area contributed by atoms with Crippen molar-refractivity contribution in [2.45, 2.75) is 62.3 Å². The predicted octanol–water partition coefficient (Wildman–Crippen LogP) is 2.46.